The lowest BCUT2D eigenvalue weighted by atomic mass is 10.2. The number of nitrogens with zero attached hydrogens (tertiary/aromatic N) is 1. The number of nitrogens with two attached hydrogens (primary N) is 1. The summed E-state index contributed by atoms with van der Waals surface area (Å²) < 4.78 is 50.0. The fraction of sp³-hybridized carbons (Fsp3) is 0.0667. The summed E-state index contributed by atoms with van der Waals surface area (Å²) in [6.45, 7) is 0. The van der Waals surface area contributed by atoms with Crippen LogP contribution in [0.4, 0.5) is 5.69 Å². The van der Waals surface area contributed by atoms with Gasteiger partial charge >= 0.3 is 0 Å². The van der Waals surface area contributed by atoms with Crippen molar-refractivity contribution in [2.75, 3.05) is 10.2 Å². The van der Waals surface area contributed by atoms with E-state index in [9.17, 15) is 16.8 Å². The lowest BCUT2D eigenvalue weighted by molar-refractivity contribution is 0.584. The highest BCUT2D eigenvalue weighted by Crippen LogP contribution is 2.30. The Balaban J connectivity index is 2.23. The van der Waals surface area contributed by atoms with Crippen LogP contribution in [-0.4, -0.2) is 27.7 Å². The lowest BCUT2D eigenvalue weighted by Gasteiger charge is -2.24. The van der Waals surface area contributed by atoms with Crippen molar-refractivity contribution in [3.63, 3.8) is 0 Å². The number of H-pyrrole nitrogens is 1. The molecule has 0 spiro atoms. The van der Waals surface area contributed by atoms with Gasteiger partial charge in [0.05, 0.1) is 10.6 Å². The normalized spacial score (nSPS) is 12.4. The predicted molar refractivity (Wildman–Crippen MR) is 92.4 cm³/mol. The second-order valence-electron chi connectivity index (χ2n) is 5.17. The number of nitrogens with one attached hydrogen (secondary N) is 1. The average molecular weight is 365 g/mol. The lowest BCUT2D eigenvalue weighted by Crippen LogP contribution is -2.38. The van der Waals surface area contributed by atoms with Crippen molar-refractivity contribution < 1.29 is 16.8 Å². The molecule has 2 aromatic carbocycles. The molecular formula is C15H15N3O4S2. The Kier molecular flexibility index (Phi) is 4.08. The number of aromatic amines is 1. The third-order valence-corrected chi connectivity index (χ3v) is 6.02. The topological polar surface area (TPSA) is 113 Å². The van der Waals surface area contributed by atoms with Crippen molar-refractivity contribution in [1.29, 1.82) is 0 Å². The van der Waals surface area contributed by atoms with E-state index in [2.05, 4.69) is 4.98 Å². The molecule has 0 saturated carbocycles. The Morgan fingerprint density at radius 1 is 0.917 bits per heavy atom. The molecule has 0 saturated heterocycles. The Bertz CT molecular complexity index is 1070. The third-order valence-electron chi connectivity index (χ3n) is 3.47. The van der Waals surface area contributed by atoms with E-state index < -0.39 is 25.9 Å². The van der Waals surface area contributed by atoms with Gasteiger partial charge < -0.3 is 4.98 Å². The second-order valence-corrected chi connectivity index (χ2v) is 8.62. The first kappa shape index (κ1) is 16.5. The molecular weight excluding hydrogens is 350 g/mol. The molecule has 0 fully saturated rings. The highest BCUT2D eigenvalue weighted by molar-refractivity contribution is 7.95. The van der Waals surface area contributed by atoms with Crippen LogP contribution in [0.5, 0.6) is 0 Å². The van der Waals surface area contributed by atoms with Gasteiger partial charge in [0.2, 0.25) is 10.0 Å². The molecule has 0 amide bonds. The molecule has 3 aromatic rings. The van der Waals surface area contributed by atoms with Gasteiger partial charge in [-0.1, -0.05) is 24.3 Å². The zero-order valence-electron chi connectivity index (χ0n) is 12.5. The molecule has 1 aromatic heterocycles. The van der Waals surface area contributed by atoms with Gasteiger partial charge in [0.1, 0.15) is 5.88 Å². The Morgan fingerprint density at radius 2 is 1.62 bits per heavy atom. The minimum absolute atomic E-state index is 0.0128. The van der Waals surface area contributed by atoms with Gasteiger partial charge in [-0.15, -0.1) is 0 Å². The van der Waals surface area contributed by atoms with E-state index in [1.54, 1.807) is 48.7 Å². The highest BCUT2D eigenvalue weighted by Gasteiger charge is 2.29. The average Bonchev–Trinajstić information content (AvgIpc) is 3.01. The van der Waals surface area contributed by atoms with Crippen LogP contribution in [0.2, 0.25) is 0 Å². The number of hydrogen-bond acceptors (Lipinski definition) is 4. The molecule has 9 heteroatoms. The molecule has 1 heterocycles. The first-order chi connectivity index (χ1) is 11.3. The van der Waals surface area contributed by atoms with Crippen LogP contribution in [0.3, 0.4) is 0 Å². The van der Waals surface area contributed by atoms with Crippen LogP contribution in [0, 0.1) is 0 Å². The van der Waals surface area contributed by atoms with Gasteiger partial charge in [-0.3, -0.25) is 0 Å². The molecule has 0 unspecified atom stereocenters. The van der Waals surface area contributed by atoms with Crippen molar-refractivity contribution in [1.82, 2.24) is 4.98 Å². The zero-order chi connectivity index (χ0) is 17.4. The molecule has 7 nitrogen and oxygen atoms in total. The van der Waals surface area contributed by atoms with Crippen LogP contribution < -0.4 is 9.44 Å². The summed E-state index contributed by atoms with van der Waals surface area (Å²) in [6, 6.07) is 14.3. The first-order valence-electron chi connectivity index (χ1n) is 6.93. The molecule has 24 heavy (non-hydrogen) atoms. The van der Waals surface area contributed by atoms with E-state index in [0.29, 0.717) is 10.9 Å². The Hall–Kier alpha value is -2.36. The third kappa shape index (κ3) is 3.14. The molecule has 0 bridgehead atoms. The van der Waals surface area contributed by atoms with Gasteiger partial charge in [0.25, 0.3) is 10.0 Å². The maximum Gasteiger partial charge on any atom is 0.265 e. The summed E-state index contributed by atoms with van der Waals surface area (Å²) in [5, 5.41) is 5.71. The van der Waals surface area contributed by atoms with Crippen LogP contribution in [0.15, 0.2) is 65.7 Å². The molecule has 3 rings (SSSR count). The monoisotopic (exact) mass is 365 g/mol. The molecule has 0 aliphatic rings. The van der Waals surface area contributed by atoms with Crippen molar-refractivity contribution in [3.05, 3.63) is 60.8 Å². The molecule has 3 N–H and O–H groups in total. The van der Waals surface area contributed by atoms with E-state index in [1.807, 2.05) is 0 Å². The maximum absolute atomic E-state index is 13.0. The van der Waals surface area contributed by atoms with Crippen molar-refractivity contribution in [2.45, 2.75) is 4.90 Å². The summed E-state index contributed by atoms with van der Waals surface area (Å²) in [4.78, 5) is 2.95. The quantitative estimate of drug-likeness (QED) is 0.715. The summed E-state index contributed by atoms with van der Waals surface area (Å²) in [5.74, 6) is -0.853. The van der Waals surface area contributed by atoms with Crippen LogP contribution in [0.25, 0.3) is 10.9 Å². The SMILES string of the molecule is NS(=O)(=O)CN(c1cccc2[nH]ccc12)S(=O)(=O)c1ccccc1. The summed E-state index contributed by atoms with van der Waals surface area (Å²) >= 11 is 0. The van der Waals surface area contributed by atoms with E-state index >= 15 is 0 Å². The van der Waals surface area contributed by atoms with Gasteiger partial charge in [0.15, 0.2) is 0 Å². The largest absolute Gasteiger partial charge is 0.361 e. The van der Waals surface area contributed by atoms with E-state index in [-0.39, 0.29) is 10.6 Å². The van der Waals surface area contributed by atoms with Crippen LogP contribution in [-0.2, 0) is 20.0 Å². The zero-order valence-corrected chi connectivity index (χ0v) is 14.1. The number of sulfonamides is 2. The molecule has 0 atom stereocenters. The van der Waals surface area contributed by atoms with Gasteiger partial charge in [0, 0.05) is 17.1 Å². The number of hydrogen-bond donors (Lipinski definition) is 2. The number of benzene rings is 2. The Labute approximate surface area is 139 Å². The summed E-state index contributed by atoms with van der Waals surface area (Å²) in [5.41, 5.74) is 0.932. The number of aromatic nitrogens is 1. The molecule has 0 aliphatic heterocycles. The predicted octanol–water partition coefficient (Wildman–Crippen LogP) is 1.61. The van der Waals surface area contributed by atoms with Crippen molar-refractivity contribution >= 4 is 36.6 Å². The van der Waals surface area contributed by atoms with E-state index in [4.69, 9.17) is 5.14 Å². The van der Waals surface area contributed by atoms with Crippen molar-refractivity contribution in [3.8, 4) is 0 Å². The summed E-state index contributed by atoms with van der Waals surface area (Å²) in [6.07, 6.45) is 1.65. The van der Waals surface area contributed by atoms with Crippen LogP contribution >= 0.6 is 0 Å². The summed E-state index contributed by atoms with van der Waals surface area (Å²) in [7, 11) is -8.17. The van der Waals surface area contributed by atoms with Gasteiger partial charge in [-0.05, 0) is 30.3 Å². The van der Waals surface area contributed by atoms with Crippen LogP contribution in [0.1, 0.15) is 0 Å². The Morgan fingerprint density at radius 3 is 2.29 bits per heavy atom. The number of primary sulfonamides is 1. The highest BCUT2D eigenvalue weighted by atomic mass is 32.2. The molecule has 0 aliphatic carbocycles. The minimum atomic E-state index is -4.10. The number of rotatable bonds is 5. The fourth-order valence-electron chi connectivity index (χ4n) is 2.44. The first-order valence-corrected chi connectivity index (χ1v) is 10.1. The number of fused-ring (bicyclic) bond motifs is 1. The molecule has 126 valence electrons. The smallest absolute Gasteiger partial charge is 0.265 e. The molecule has 0 radical (unpaired) electrons. The van der Waals surface area contributed by atoms with Gasteiger partial charge in [-0.2, -0.15) is 0 Å². The maximum atomic E-state index is 13.0. The second kappa shape index (κ2) is 5.93. The van der Waals surface area contributed by atoms with Gasteiger partial charge in [-0.25, -0.2) is 26.3 Å². The van der Waals surface area contributed by atoms with Crippen molar-refractivity contribution in [2.24, 2.45) is 5.14 Å². The fourth-order valence-corrected chi connectivity index (χ4v) is 5.07. The van der Waals surface area contributed by atoms with E-state index in [0.717, 1.165) is 4.31 Å². The standard InChI is InChI=1S/C15H15N3O4S2/c16-23(19,20)11-18(24(21,22)12-5-2-1-3-6-12)15-8-4-7-14-13(15)9-10-17-14/h1-10,17H,11H2,(H2,16,19,20). The number of anilines is 1. The minimum Gasteiger partial charge on any atom is -0.361 e. The van der Waals surface area contributed by atoms with E-state index in [1.165, 1.54) is 12.1 Å².